The highest BCUT2D eigenvalue weighted by molar-refractivity contribution is 6.73. The summed E-state index contributed by atoms with van der Waals surface area (Å²) in [5, 5.41) is 0. The van der Waals surface area contributed by atoms with Gasteiger partial charge in [-0.3, -0.25) is 0 Å². The number of alkyl halides is 2. The molecule has 132 valence electrons. The van der Waals surface area contributed by atoms with Crippen LogP contribution in [-0.2, 0) is 10.3 Å². The zero-order valence-corrected chi connectivity index (χ0v) is 15.6. The molecule has 0 fully saturated rings. The first-order valence-corrected chi connectivity index (χ1v) is 10.8. The van der Waals surface area contributed by atoms with Gasteiger partial charge in [0, 0.05) is 11.6 Å². The van der Waals surface area contributed by atoms with E-state index in [9.17, 15) is 13.2 Å². The van der Waals surface area contributed by atoms with E-state index in [0.29, 0.717) is 0 Å². The summed E-state index contributed by atoms with van der Waals surface area (Å²) >= 11 is 0. The third-order valence-corrected chi connectivity index (χ3v) is 9.47. The van der Waals surface area contributed by atoms with Crippen LogP contribution in [0.3, 0.4) is 0 Å². The summed E-state index contributed by atoms with van der Waals surface area (Å²) in [4.78, 5) is 0. The lowest BCUT2D eigenvalue weighted by atomic mass is 9.98. The Hall–Kier alpha value is -0.853. The van der Waals surface area contributed by atoms with Crippen LogP contribution < -0.4 is 5.73 Å². The SMILES string of the molecule is CC[Si](CC)(CC)OC(C)C(F)(F)c1cccc([C@@H](C)N)c1F. The van der Waals surface area contributed by atoms with E-state index < -0.39 is 37.8 Å². The second-order valence-electron chi connectivity index (χ2n) is 6.12. The summed E-state index contributed by atoms with van der Waals surface area (Å²) in [6.07, 6.45) is -1.37. The number of hydrogen-bond donors (Lipinski definition) is 1. The fourth-order valence-electron chi connectivity index (χ4n) is 2.83. The van der Waals surface area contributed by atoms with E-state index in [0.717, 1.165) is 24.2 Å². The van der Waals surface area contributed by atoms with Crippen LogP contribution >= 0.6 is 0 Å². The molecule has 0 radical (unpaired) electrons. The van der Waals surface area contributed by atoms with Crippen LogP contribution in [-0.4, -0.2) is 14.4 Å². The Bertz CT molecular complexity index is 510. The lowest BCUT2D eigenvalue weighted by Crippen LogP contribution is -2.44. The van der Waals surface area contributed by atoms with E-state index in [1.54, 1.807) is 6.92 Å². The van der Waals surface area contributed by atoms with Crippen molar-refractivity contribution in [2.24, 2.45) is 5.73 Å². The van der Waals surface area contributed by atoms with Crippen molar-refractivity contribution in [2.45, 2.75) is 70.8 Å². The van der Waals surface area contributed by atoms with E-state index in [4.69, 9.17) is 10.2 Å². The number of rotatable bonds is 8. The minimum atomic E-state index is -3.40. The zero-order valence-electron chi connectivity index (χ0n) is 14.6. The molecule has 0 aliphatic rings. The summed E-state index contributed by atoms with van der Waals surface area (Å²) in [7, 11) is -2.20. The molecule has 1 aromatic rings. The van der Waals surface area contributed by atoms with E-state index in [-0.39, 0.29) is 5.56 Å². The number of hydrogen-bond acceptors (Lipinski definition) is 2. The average molecular weight is 347 g/mol. The Balaban J connectivity index is 3.18. The third-order valence-electron chi connectivity index (χ3n) is 4.75. The van der Waals surface area contributed by atoms with Crippen molar-refractivity contribution in [3.63, 3.8) is 0 Å². The summed E-state index contributed by atoms with van der Waals surface area (Å²) < 4.78 is 49.9. The average Bonchev–Trinajstić information content (AvgIpc) is 2.52. The number of halogens is 3. The van der Waals surface area contributed by atoms with Crippen molar-refractivity contribution >= 4 is 8.32 Å². The first kappa shape index (κ1) is 20.2. The van der Waals surface area contributed by atoms with Crippen LogP contribution in [0.25, 0.3) is 0 Å². The predicted molar refractivity (Wildman–Crippen MR) is 90.6 cm³/mol. The largest absolute Gasteiger partial charge is 0.408 e. The van der Waals surface area contributed by atoms with Gasteiger partial charge in [0.05, 0.1) is 5.56 Å². The molecule has 1 rings (SSSR count). The van der Waals surface area contributed by atoms with Crippen LogP contribution in [0.1, 0.15) is 51.8 Å². The molecule has 6 heteroatoms. The van der Waals surface area contributed by atoms with Gasteiger partial charge >= 0.3 is 0 Å². The number of benzene rings is 1. The maximum atomic E-state index is 14.8. The predicted octanol–water partition coefficient (Wildman–Crippen LogP) is 5.35. The van der Waals surface area contributed by atoms with Gasteiger partial charge in [-0.05, 0) is 38.0 Å². The molecule has 0 aliphatic heterocycles. The van der Waals surface area contributed by atoms with Gasteiger partial charge in [0.1, 0.15) is 11.9 Å². The van der Waals surface area contributed by atoms with Gasteiger partial charge in [0.2, 0.25) is 0 Å². The molecule has 2 N–H and O–H groups in total. The Morgan fingerprint density at radius 3 is 2.09 bits per heavy atom. The van der Waals surface area contributed by atoms with Crippen molar-refractivity contribution in [1.29, 1.82) is 0 Å². The summed E-state index contributed by atoms with van der Waals surface area (Å²) in [6, 6.07) is 5.64. The minimum Gasteiger partial charge on any atom is -0.408 e. The standard InChI is InChI=1S/C17H28F3NOSi/c1-6-23(7-2,8-3)22-13(5)17(19,20)15-11-9-10-14(12(4)21)16(15)18/h9-13H,6-8,21H2,1-5H3/t12-,13?/m1/s1. The molecule has 0 spiro atoms. The number of nitrogens with two attached hydrogens (primary N) is 1. The molecule has 0 saturated heterocycles. The van der Waals surface area contributed by atoms with Crippen molar-refractivity contribution in [2.75, 3.05) is 0 Å². The highest BCUT2D eigenvalue weighted by Crippen LogP contribution is 2.39. The second-order valence-corrected chi connectivity index (χ2v) is 10.8. The first-order valence-electron chi connectivity index (χ1n) is 8.25. The summed E-state index contributed by atoms with van der Waals surface area (Å²) in [5.41, 5.74) is 5.12. The molecule has 0 saturated carbocycles. The van der Waals surface area contributed by atoms with Crippen molar-refractivity contribution in [1.82, 2.24) is 0 Å². The second kappa shape index (κ2) is 7.81. The molecular weight excluding hydrogens is 319 g/mol. The molecule has 1 aromatic carbocycles. The molecule has 0 amide bonds. The zero-order chi connectivity index (χ0) is 17.8. The highest BCUT2D eigenvalue weighted by Gasteiger charge is 2.45. The van der Waals surface area contributed by atoms with Gasteiger partial charge < -0.3 is 10.2 Å². The minimum absolute atomic E-state index is 0.0966. The smallest absolute Gasteiger partial charge is 0.300 e. The summed E-state index contributed by atoms with van der Waals surface area (Å²) in [6.45, 7) is 8.83. The van der Waals surface area contributed by atoms with Crippen molar-refractivity contribution in [3.05, 3.63) is 35.1 Å². The Morgan fingerprint density at radius 1 is 1.13 bits per heavy atom. The van der Waals surface area contributed by atoms with Crippen molar-refractivity contribution in [3.8, 4) is 0 Å². The van der Waals surface area contributed by atoms with Crippen LogP contribution in [0.4, 0.5) is 13.2 Å². The van der Waals surface area contributed by atoms with E-state index >= 15 is 0 Å². The summed E-state index contributed by atoms with van der Waals surface area (Å²) in [5.74, 6) is -4.33. The molecule has 0 aromatic heterocycles. The lowest BCUT2D eigenvalue weighted by molar-refractivity contribution is -0.101. The van der Waals surface area contributed by atoms with Crippen LogP contribution in [0, 0.1) is 5.82 Å². The van der Waals surface area contributed by atoms with Crippen molar-refractivity contribution < 1.29 is 17.6 Å². The molecule has 23 heavy (non-hydrogen) atoms. The van der Waals surface area contributed by atoms with Gasteiger partial charge in [-0.25, -0.2) is 4.39 Å². The van der Waals surface area contributed by atoms with Gasteiger partial charge in [-0.2, -0.15) is 8.78 Å². The topological polar surface area (TPSA) is 35.2 Å². The molecule has 0 bridgehead atoms. The molecule has 1 unspecified atom stereocenters. The molecular formula is C17H28F3NOSi. The third kappa shape index (κ3) is 4.16. The van der Waals surface area contributed by atoms with Gasteiger partial charge in [0.25, 0.3) is 5.92 Å². The lowest BCUT2D eigenvalue weighted by Gasteiger charge is -2.35. The van der Waals surface area contributed by atoms with E-state index in [1.165, 1.54) is 19.1 Å². The Kier molecular flexibility index (Phi) is 6.86. The maximum absolute atomic E-state index is 14.8. The Labute approximate surface area is 138 Å². The quantitative estimate of drug-likeness (QED) is 0.644. The van der Waals surface area contributed by atoms with Gasteiger partial charge in [-0.15, -0.1) is 0 Å². The Morgan fingerprint density at radius 2 is 1.65 bits per heavy atom. The normalized spacial score (nSPS) is 15.5. The van der Waals surface area contributed by atoms with Crippen LogP contribution in [0.2, 0.25) is 18.1 Å². The first-order chi connectivity index (χ1) is 10.6. The molecule has 2 atom stereocenters. The monoisotopic (exact) mass is 347 g/mol. The molecule has 0 heterocycles. The fraction of sp³-hybridized carbons (Fsp3) is 0.647. The molecule has 0 aliphatic carbocycles. The fourth-order valence-corrected chi connectivity index (χ4v) is 5.72. The molecule has 2 nitrogen and oxygen atoms in total. The maximum Gasteiger partial charge on any atom is 0.300 e. The van der Waals surface area contributed by atoms with E-state index in [1.807, 2.05) is 20.8 Å². The van der Waals surface area contributed by atoms with Gasteiger partial charge in [-0.1, -0.05) is 32.9 Å². The van der Waals surface area contributed by atoms with Crippen LogP contribution in [0.15, 0.2) is 18.2 Å². The van der Waals surface area contributed by atoms with Crippen LogP contribution in [0.5, 0.6) is 0 Å². The van der Waals surface area contributed by atoms with Gasteiger partial charge in [0.15, 0.2) is 8.32 Å². The van der Waals surface area contributed by atoms with E-state index in [2.05, 4.69) is 0 Å². The highest BCUT2D eigenvalue weighted by atomic mass is 28.4.